The molecule has 1 aromatic rings. The Morgan fingerprint density at radius 3 is 2.79 bits per heavy atom. The van der Waals surface area contributed by atoms with Gasteiger partial charge in [0.1, 0.15) is 5.66 Å². The Morgan fingerprint density at radius 2 is 2.04 bits per heavy atom. The van der Waals surface area contributed by atoms with E-state index in [0.29, 0.717) is 36.7 Å². The van der Waals surface area contributed by atoms with Crippen LogP contribution in [-0.2, 0) is 9.59 Å². The number of carbonyl (C=O) groups excluding carboxylic acids is 3. The van der Waals surface area contributed by atoms with Crippen molar-refractivity contribution in [2.75, 3.05) is 11.4 Å². The highest BCUT2D eigenvalue weighted by molar-refractivity contribution is 6.10. The molecule has 3 amide bonds. The number of rotatable bonds is 4. The largest absolute Gasteiger partial charge is 0.353 e. The highest BCUT2D eigenvalue weighted by atomic mass is 16.2. The molecule has 4 rings (SSSR count). The first-order valence-corrected chi connectivity index (χ1v) is 8.54. The van der Waals surface area contributed by atoms with Crippen molar-refractivity contribution in [2.24, 2.45) is 0 Å². The van der Waals surface area contributed by atoms with E-state index in [9.17, 15) is 14.4 Å². The first-order valence-electron chi connectivity index (χ1n) is 8.54. The minimum Gasteiger partial charge on any atom is -0.353 e. The summed E-state index contributed by atoms with van der Waals surface area (Å²) in [6.07, 6.45) is 3.37. The van der Waals surface area contributed by atoms with Gasteiger partial charge in [0.2, 0.25) is 11.8 Å². The SMILES string of the molecule is CC12CCC(=O)N1c1ccccc1C(=O)N2CCC(=O)NC1CC1. The standard InChI is InChI=1S/C18H21N3O3/c1-18-10-8-16(23)21(18)14-5-3-2-4-13(14)17(24)20(18)11-9-15(22)19-12-6-7-12/h2-5,12H,6-11H2,1H3,(H,19,22). The van der Waals surface area contributed by atoms with Crippen molar-refractivity contribution in [3.05, 3.63) is 29.8 Å². The van der Waals surface area contributed by atoms with Gasteiger partial charge in [0.25, 0.3) is 5.91 Å². The average molecular weight is 327 g/mol. The molecule has 1 saturated heterocycles. The van der Waals surface area contributed by atoms with Crippen molar-refractivity contribution in [3.8, 4) is 0 Å². The average Bonchev–Trinajstić information content (AvgIpc) is 3.31. The normalized spacial score (nSPS) is 25.5. The van der Waals surface area contributed by atoms with Crippen LogP contribution in [0.25, 0.3) is 0 Å². The lowest BCUT2D eigenvalue weighted by atomic mass is 9.98. The molecule has 6 nitrogen and oxygen atoms in total. The van der Waals surface area contributed by atoms with Crippen LogP contribution in [0.1, 0.15) is 49.4 Å². The van der Waals surface area contributed by atoms with E-state index in [2.05, 4.69) is 5.32 Å². The molecule has 3 aliphatic rings. The fourth-order valence-electron chi connectivity index (χ4n) is 3.78. The summed E-state index contributed by atoms with van der Waals surface area (Å²) in [5.41, 5.74) is 0.543. The van der Waals surface area contributed by atoms with E-state index in [-0.39, 0.29) is 24.1 Å². The van der Waals surface area contributed by atoms with Gasteiger partial charge in [-0.1, -0.05) is 12.1 Å². The highest BCUT2D eigenvalue weighted by Gasteiger charge is 2.52. The maximum Gasteiger partial charge on any atom is 0.257 e. The van der Waals surface area contributed by atoms with Gasteiger partial charge in [-0.25, -0.2) is 0 Å². The van der Waals surface area contributed by atoms with Gasteiger partial charge in [0.15, 0.2) is 0 Å². The summed E-state index contributed by atoms with van der Waals surface area (Å²) in [6, 6.07) is 7.54. The molecule has 1 aliphatic carbocycles. The van der Waals surface area contributed by atoms with E-state index in [1.165, 1.54) is 0 Å². The van der Waals surface area contributed by atoms with Gasteiger partial charge in [0.05, 0.1) is 11.3 Å². The summed E-state index contributed by atoms with van der Waals surface area (Å²) in [4.78, 5) is 40.9. The molecule has 1 unspecified atom stereocenters. The number of nitrogens with zero attached hydrogens (tertiary/aromatic N) is 2. The van der Waals surface area contributed by atoms with Crippen LogP contribution in [0.2, 0.25) is 0 Å². The fourth-order valence-corrected chi connectivity index (χ4v) is 3.78. The number of fused-ring (bicyclic) bond motifs is 3. The molecule has 1 aromatic carbocycles. The zero-order valence-corrected chi connectivity index (χ0v) is 13.7. The van der Waals surface area contributed by atoms with E-state index >= 15 is 0 Å². The third-order valence-corrected chi connectivity index (χ3v) is 5.25. The van der Waals surface area contributed by atoms with Crippen LogP contribution in [0.5, 0.6) is 0 Å². The van der Waals surface area contributed by atoms with Gasteiger partial charge in [-0.05, 0) is 38.3 Å². The van der Waals surface area contributed by atoms with E-state index in [4.69, 9.17) is 0 Å². The molecule has 2 heterocycles. The number of hydrogen-bond donors (Lipinski definition) is 1. The quantitative estimate of drug-likeness (QED) is 0.914. The molecule has 24 heavy (non-hydrogen) atoms. The summed E-state index contributed by atoms with van der Waals surface area (Å²) in [5, 5.41) is 2.95. The predicted octanol–water partition coefficient (Wildman–Crippen LogP) is 1.65. The summed E-state index contributed by atoms with van der Waals surface area (Å²) < 4.78 is 0. The second-order valence-corrected chi connectivity index (χ2v) is 7.01. The summed E-state index contributed by atoms with van der Waals surface area (Å²) in [7, 11) is 0. The maximum atomic E-state index is 13.0. The Bertz CT molecular complexity index is 728. The number of para-hydroxylation sites is 1. The Kier molecular flexibility index (Phi) is 3.37. The van der Waals surface area contributed by atoms with Crippen LogP contribution < -0.4 is 10.2 Å². The van der Waals surface area contributed by atoms with Crippen molar-refractivity contribution in [1.82, 2.24) is 10.2 Å². The van der Waals surface area contributed by atoms with E-state index in [0.717, 1.165) is 12.8 Å². The van der Waals surface area contributed by atoms with Gasteiger partial charge >= 0.3 is 0 Å². The van der Waals surface area contributed by atoms with Gasteiger partial charge < -0.3 is 10.2 Å². The molecule has 1 atom stereocenters. The molecule has 2 fully saturated rings. The smallest absolute Gasteiger partial charge is 0.257 e. The highest BCUT2D eigenvalue weighted by Crippen LogP contribution is 2.43. The number of benzene rings is 1. The molecule has 0 bridgehead atoms. The van der Waals surface area contributed by atoms with E-state index < -0.39 is 5.66 Å². The number of anilines is 1. The third-order valence-electron chi connectivity index (χ3n) is 5.25. The molecule has 1 saturated carbocycles. The van der Waals surface area contributed by atoms with Crippen LogP contribution in [0.3, 0.4) is 0 Å². The number of amides is 3. The zero-order chi connectivity index (χ0) is 16.9. The summed E-state index contributed by atoms with van der Waals surface area (Å²) >= 11 is 0. The third kappa shape index (κ3) is 2.28. The molecule has 0 aromatic heterocycles. The molecule has 126 valence electrons. The predicted molar refractivity (Wildman–Crippen MR) is 88.4 cm³/mol. The lowest BCUT2D eigenvalue weighted by Gasteiger charge is -2.48. The van der Waals surface area contributed by atoms with Crippen molar-refractivity contribution in [3.63, 3.8) is 0 Å². The van der Waals surface area contributed by atoms with Crippen LogP contribution in [0, 0.1) is 0 Å². The van der Waals surface area contributed by atoms with Crippen molar-refractivity contribution in [1.29, 1.82) is 0 Å². The summed E-state index contributed by atoms with van der Waals surface area (Å²) in [6.45, 7) is 2.25. The van der Waals surface area contributed by atoms with Crippen LogP contribution >= 0.6 is 0 Å². The van der Waals surface area contributed by atoms with E-state index in [1.807, 2.05) is 19.1 Å². The lowest BCUT2D eigenvalue weighted by Crippen LogP contribution is -2.62. The van der Waals surface area contributed by atoms with Crippen LogP contribution in [0.4, 0.5) is 5.69 Å². The zero-order valence-electron chi connectivity index (χ0n) is 13.7. The summed E-state index contributed by atoms with van der Waals surface area (Å²) in [5.74, 6) is -0.0909. The monoisotopic (exact) mass is 327 g/mol. The first kappa shape index (κ1) is 15.2. The Labute approximate surface area is 140 Å². The molecule has 6 heteroatoms. The molecule has 0 radical (unpaired) electrons. The fraction of sp³-hybridized carbons (Fsp3) is 0.500. The van der Waals surface area contributed by atoms with Crippen molar-refractivity contribution in [2.45, 2.75) is 50.7 Å². The maximum absolute atomic E-state index is 13.0. The van der Waals surface area contributed by atoms with Crippen LogP contribution in [0.15, 0.2) is 24.3 Å². The number of carbonyl (C=O) groups is 3. The molecular weight excluding hydrogens is 306 g/mol. The molecule has 1 N–H and O–H groups in total. The topological polar surface area (TPSA) is 69.7 Å². The molecule has 0 spiro atoms. The lowest BCUT2D eigenvalue weighted by molar-refractivity contribution is -0.121. The second-order valence-electron chi connectivity index (χ2n) is 7.01. The number of nitrogens with one attached hydrogen (secondary N) is 1. The Balaban J connectivity index is 1.62. The number of hydrogen-bond acceptors (Lipinski definition) is 3. The molecular formula is C18H21N3O3. The Hall–Kier alpha value is -2.37. The van der Waals surface area contributed by atoms with Gasteiger partial charge in [-0.3, -0.25) is 19.3 Å². The Morgan fingerprint density at radius 1 is 1.29 bits per heavy atom. The molecule has 2 aliphatic heterocycles. The van der Waals surface area contributed by atoms with E-state index in [1.54, 1.807) is 21.9 Å². The van der Waals surface area contributed by atoms with Crippen molar-refractivity contribution < 1.29 is 14.4 Å². The van der Waals surface area contributed by atoms with Gasteiger partial charge in [-0.2, -0.15) is 0 Å². The minimum absolute atomic E-state index is 0.0244. The van der Waals surface area contributed by atoms with Gasteiger partial charge in [-0.15, -0.1) is 0 Å². The minimum atomic E-state index is -0.678. The first-order chi connectivity index (χ1) is 11.5. The van der Waals surface area contributed by atoms with Gasteiger partial charge in [0, 0.05) is 25.4 Å². The van der Waals surface area contributed by atoms with Crippen LogP contribution in [-0.4, -0.2) is 40.9 Å². The van der Waals surface area contributed by atoms with Crippen molar-refractivity contribution >= 4 is 23.4 Å². The second kappa shape index (κ2) is 5.33.